The van der Waals surface area contributed by atoms with Crippen molar-refractivity contribution in [3.8, 4) is 67.4 Å². The Morgan fingerprint density at radius 2 is 0.579 bits per heavy atom. The highest BCUT2D eigenvalue weighted by atomic mass is 16.5. The molecule has 0 radical (unpaired) electrons. The van der Waals surface area contributed by atoms with E-state index in [2.05, 4.69) is 215 Å². The van der Waals surface area contributed by atoms with Crippen LogP contribution in [0.25, 0.3) is 99.5 Å². The predicted molar refractivity (Wildman–Crippen MR) is 237 cm³/mol. The summed E-state index contributed by atoms with van der Waals surface area (Å²) in [5.41, 5.74) is 16.3. The lowest BCUT2D eigenvalue weighted by molar-refractivity contribution is 0.488. The van der Waals surface area contributed by atoms with Crippen LogP contribution in [0.15, 0.2) is 206 Å². The number of para-hydroxylation sites is 4. The molecule has 0 saturated heterocycles. The Morgan fingerprint density at radius 3 is 0.947 bits per heavy atom. The minimum Gasteiger partial charge on any atom is -0.456 e. The first-order valence-electron chi connectivity index (χ1n) is 19.5. The molecular formula is C54H34N2O. The zero-order chi connectivity index (χ0) is 37.5. The minimum absolute atomic E-state index is 0.857. The molecule has 2 aromatic heterocycles. The summed E-state index contributed by atoms with van der Waals surface area (Å²) < 4.78 is 11.5. The molecule has 3 heteroatoms. The first-order chi connectivity index (χ1) is 28.3. The molecule has 3 heterocycles. The normalized spacial score (nSPS) is 12.0. The number of fused-ring (bicyclic) bond motifs is 11. The van der Waals surface area contributed by atoms with Gasteiger partial charge in [-0.25, -0.2) is 0 Å². The Bertz CT molecular complexity index is 3030. The van der Waals surface area contributed by atoms with Gasteiger partial charge in [0.15, 0.2) is 0 Å². The molecule has 1 aliphatic heterocycles. The Balaban J connectivity index is 0.899. The largest absolute Gasteiger partial charge is 0.456 e. The number of ether oxygens (including phenoxy) is 1. The van der Waals surface area contributed by atoms with Crippen molar-refractivity contribution in [2.75, 3.05) is 0 Å². The minimum atomic E-state index is 0.857. The molecule has 0 unspecified atom stereocenters. The van der Waals surface area contributed by atoms with Crippen LogP contribution in [0.5, 0.6) is 11.5 Å². The summed E-state index contributed by atoms with van der Waals surface area (Å²) in [7, 11) is 0. The van der Waals surface area contributed by atoms with Gasteiger partial charge in [-0.3, -0.25) is 0 Å². The molecule has 0 atom stereocenters. The van der Waals surface area contributed by atoms with Gasteiger partial charge in [0.25, 0.3) is 0 Å². The van der Waals surface area contributed by atoms with Gasteiger partial charge in [0.05, 0.1) is 22.1 Å². The molecule has 0 N–H and O–H groups in total. The molecule has 0 fully saturated rings. The van der Waals surface area contributed by atoms with E-state index in [0.717, 1.165) is 67.4 Å². The zero-order valence-corrected chi connectivity index (χ0v) is 30.9. The molecule has 12 rings (SSSR count). The van der Waals surface area contributed by atoms with Crippen molar-refractivity contribution in [2.45, 2.75) is 0 Å². The Morgan fingerprint density at radius 1 is 0.263 bits per heavy atom. The molecule has 0 aliphatic carbocycles. The fourth-order valence-electron chi connectivity index (χ4n) is 9.10. The number of hydrogen-bond acceptors (Lipinski definition) is 1. The van der Waals surface area contributed by atoms with Crippen LogP contribution in [0.4, 0.5) is 0 Å². The van der Waals surface area contributed by atoms with Crippen molar-refractivity contribution >= 4 is 43.6 Å². The Hall–Kier alpha value is -7.62. The fraction of sp³-hybridized carbons (Fsp3) is 0. The first kappa shape index (κ1) is 31.7. The molecule has 0 amide bonds. The van der Waals surface area contributed by atoms with Crippen LogP contribution in [0.2, 0.25) is 0 Å². The third-order valence-corrected chi connectivity index (χ3v) is 11.8. The Kier molecular flexibility index (Phi) is 6.93. The van der Waals surface area contributed by atoms with Gasteiger partial charge in [-0.1, -0.05) is 133 Å². The summed E-state index contributed by atoms with van der Waals surface area (Å²) in [6.45, 7) is 0. The standard InChI is InChI=1S/C54H34N2O/c1-2-12-42-41(11-1)47-33-37(35-21-27-39(28-22-35)55-49-17-7-3-13-43(49)44-14-4-8-18-50(44)55)25-31-53(47)57-54-32-26-38(34-48(42)54)36-23-29-40(30-24-36)56-51-19-9-5-15-45(51)46-16-6-10-20-52(46)56/h1-34H. The summed E-state index contributed by atoms with van der Waals surface area (Å²) >= 11 is 0. The Labute approximate surface area is 329 Å². The van der Waals surface area contributed by atoms with Gasteiger partial charge in [-0.2, -0.15) is 0 Å². The number of aromatic nitrogens is 2. The van der Waals surface area contributed by atoms with E-state index in [1.807, 2.05) is 0 Å². The molecule has 0 saturated carbocycles. The molecule has 0 spiro atoms. The van der Waals surface area contributed by atoms with Crippen molar-refractivity contribution in [1.29, 1.82) is 0 Å². The van der Waals surface area contributed by atoms with E-state index in [1.165, 1.54) is 43.6 Å². The van der Waals surface area contributed by atoms with Gasteiger partial charge >= 0.3 is 0 Å². The fourth-order valence-corrected chi connectivity index (χ4v) is 9.10. The van der Waals surface area contributed by atoms with E-state index in [9.17, 15) is 0 Å². The van der Waals surface area contributed by atoms with Crippen LogP contribution in [0.1, 0.15) is 0 Å². The third-order valence-electron chi connectivity index (χ3n) is 11.8. The van der Waals surface area contributed by atoms with Gasteiger partial charge in [0.1, 0.15) is 11.5 Å². The van der Waals surface area contributed by atoms with Crippen molar-refractivity contribution in [2.24, 2.45) is 0 Å². The van der Waals surface area contributed by atoms with E-state index in [-0.39, 0.29) is 0 Å². The highest BCUT2D eigenvalue weighted by molar-refractivity contribution is 6.10. The third kappa shape index (κ3) is 4.92. The number of rotatable bonds is 4. The van der Waals surface area contributed by atoms with E-state index >= 15 is 0 Å². The molecule has 266 valence electrons. The van der Waals surface area contributed by atoms with E-state index in [4.69, 9.17) is 4.74 Å². The average molecular weight is 727 g/mol. The zero-order valence-electron chi connectivity index (χ0n) is 30.9. The predicted octanol–water partition coefficient (Wildman–Crippen LogP) is 14.7. The monoisotopic (exact) mass is 726 g/mol. The summed E-state index contributed by atoms with van der Waals surface area (Å²) in [6.07, 6.45) is 0. The maximum absolute atomic E-state index is 6.76. The summed E-state index contributed by atoms with van der Waals surface area (Å²) in [6, 6.07) is 74.3. The second kappa shape index (κ2) is 12.5. The molecule has 1 aliphatic rings. The SMILES string of the molecule is c1ccc2c(c1)-c1cc(-c3ccc(-n4c5ccccc5c5ccccc54)cc3)ccc1Oc1ccc(-c3ccc(-n4c5ccccc5c5ccccc54)cc3)cc1-2. The molecule has 0 bridgehead atoms. The van der Waals surface area contributed by atoms with Crippen molar-refractivity contribution in [3.05, 3.63) is 206 Å². The van der Waals surface area contributed by atoms with Crippen LogP contribution in [-0.4, -0.2) is 9.13 Å². The highest BCUT2D eigenvalue weighted by Crippen LogP contribution is 2.49. The van der Waals surface area contributed by atoms with Gasteiger partial charge in [0, 0.05) is 44.0 Å². The van der Waals surface area contributed by atoms with Gasteiger partial charge < -0.3 is 13.9 Å². The van der Waals surface area contributed by atoms with Crippen molar-refractivity contribution in [1.82, 2.24) is 9.13 Å². The molecule has 3 nitrogen and oxygen atoms in total. The maximum Gasteiger partial charge on any atom is 0.135 e. The molecule has 9 aromatic carbocycles. The number of nitrogens with zero attached hydrogens (tertiary/aromatic N) is 2. The van der Waals surface area contributed by atoms with Crippen LogP contribution >= 0.6 is 0 Å². The van der Waals surface area contributed by atoms with Gasteiger partial charge in [0.2, 0.25) is 0 Å². The van der Waals surface area contributed by atoms with Crippen LogP contribution in [0, 0.1) is 0 Å². The van der Waals surface area contributed by atoms with Crippen LogP contribution < -0.4 is 4.74 Å². The number of benzene rings is 9. The van der Waals surface area contributed by atoms with Crippen molar-refractivity contribution < 1.29 is 4.74 Å². The quantitative estimate of drug-likeness (QED) is 0.177. The van der Waals surface area contributed by atoms with E-state index < -0.39 is 0 Å². The van der Waals surface area contributed by atoms with Crippen LogP contribution in [0.3, 0.4) is 0 Å². The average Bonchev–Trinajstić information content (AvgIpc) is 3.75. The highest BCUT2D eigenvalue weighted by Gasteiger charge is 2.22. The second-order valence-corrected chi connectivity index (χ2v) is 14.9. The molecule has 57 heavy (non-hydrogen) atoms. The number of hydrogen-bond donors (Lipinski definition) is 0. The maximum atomic E-state index is 6.76. The van der Waals surface area contributed by atoms with E-state index in [0.29, 0.717) is 0 Å². The van der Waals surface area contributed by atoms with Gasteiger partial charge in [-0.15, -0.1) is 0 Å². The van der Waals surface area contributed by atoms with Crippen LogP contribution in [-0.2, 0) is 0 Å². The second-order valence-electron chi connectivity index (χ2n) is 14.9. The molecule has 11 aromatic rings. The summed E-state index contributed by atoms with van der Waals surface area (Å²) in [5, 5.41) is 5.07. The van der Waals surface area contributed by atoms with Crippen molar-refractivity contribution in [3.63, 3.8) is 0 Å². The summed E-state index contributed by atoms with van der Waals surface area (Å²) in [4.78, 5) is 0. The lowest BCUT2D eigenvalue weighted by Gasteiger charge is -2.13. The molecular weight excluding hydrogens is 693 g/mol. The lowest BCUT2D eigenvalue weighted by Crippen LogP contribution is -1.93. The topological polar surface area (TPSA) is 19.1 Å². The summed E-state index contributed by atoms with van der Waals surface area (Å²) in [5.74, 6) is 1.71. The smallest absolute Gasteiger partial charge is 0.135 e. The van der Waals surface area contributed by atoms with Gasteiger partial charge in [-0.05, 0) is 106 Å². The van der Waals surface area contributed by atoms with E-state index in [1.54, 1.807) is 0 Å². The first-order valence-corrected chi connectivity index (χ1v) is 19.5. The lowest BCUT2D eigenvalue weighted by atomic mass is 9.91.